The minimum absolute atomic E-state index is 0.994. The second-order valence-corrected chi connectivity index (χ2v) is 12.2. The molecule has 1 nitrogen and oxygen atoms in total. The zero-order chi connectivity index (χ0) is 28.9. The summed E-state index contributed by atoms with van der Waals surface area (Å²) in [5.41, 5.74) is 9.33. The number of hydrogen-bond acceptors (Lipinski definition) is 2. The van der Waals surface area contributed by atoms with Crippen molar-refractivity contribution in [2.24, 2.45) is 0 Å². The summed E-state index contributed by atoms with van der Waals surface area (Å²) in [6.45, 7) is 4.33. The molecule has 0 atom stereocenters. The third-order valence-corrected chi connectivity index (χ3v) is 9.76. The van der Waals surface area contributed by atoms with E-state index in [-0.39, 0.29) is 0 Å². The highest BCUT2D eigenvalue weighted by Crippen LogP contribution is 2.42. The topological polar surface area (TPSA) is 12.9 Å². The van der Waals surface area contributed by atoms with Crippen LogP contribution in [-0.2, 0) is 0 Å². The maximum absolute atomic E-state index is 5.31. The molecule has 0 aliphatic carbocycles. The summed E-state index contributed by atoms with van der Waals surface area (Å²) in [6, 6.07) is 46.1. The van der Waals surface area contributed by atoms with Gasteiger partial charge in [0.15, 0.2) is 0 Å². The van der Waals surface area contributed by atoms with Gasteiger partial charge in [0, 0.05) is 26.6 Å². The minimum atomic E-state index is 0.994. The second-order valence-electron chi connectivity index (χ2n) is 11.1. The van der Waals surface area contributed by atoms with E-state index in [0.29, 0.717) is 0 Å². The molecule has 0 spiro atoms. The van der Waals surface area contributed by atoms with E-state index in [2.05, 4.69) is 153 Å². The van der Waals surface area contributed by atoms with Crippen LogP contribution in [0.15, 0.2) is 133 Å². The van der Waals surface area contributed by atoms with E-state index in [1.165, 1.54) is 64.0 Å². The van der Waals surface area contributed by atoms with Crippen LogP contribution in [0.3, 0.4) is 0 Å². The van der Waals surface area contributed by atoms with Gasteiger partial charge >= 0.3 is 0 Å². The lowest BCUT2D eigenvalue weighted by Gasteiger charge is -2.14. The van der Waals surface area contributed by atoms with Crippen molar-refractivity contribution < 1.29 is 0 Å². The fourth-order valence-electron chi connectivity index (χ4n) is 6.48. The molecule has 0 aliphatic heterocycles. The van der Waals surface area contributed by atoms with Gasteiger partial charge in [0.1, 0.15) is 0 Å². The Morgan fingerprint density at radius 1 is 0.535 bits per heavy atom. The molecule has 0 N–H and O–H groups in total. The van der Waals surface area contributed by atoms with Gasteiger partial charge in [0.25, 0.3) is 0 Å². The zero-order valence-corrected chi connectivity index (χ0v) is 25.0. The molecule has 6 aromatic carbocycles. The molecule has 0 radical (unpaired) electrons. The summed E-state index contributed by atoms with van der Waals surface area (Å²) in [5.74, 6) is 0. The predicted octanol–water partition coefficient (Wildman–Crippen LogP) is 12.1. The van der Waals surface area contributed by atoms with Gasteiger partial charge in [-0.2, -0.15) is 0 Å². The van der Waals surface area contributed by atoms with Crippen LogP contribution in [0, 0.1) is 6.92 Å². The number of aryl methyl sites for hydroxylation is 1. The van der Waals surface area contributed by atoms with E-state index in [1.807, 2.05) is 11.3 Å². The van der Waals surface area contributed by atoms with Crippen molar-refractivity contribution in [3.63, 3.8) is 0 Å². The Balaban J connectivity index is 1.33. The lowest BCUT2D eigenvalue weighted by atomic mass is 9.90. The Bertz CT molecular complexity index is 2360. The van der Waals surface area contributed by atoms with Crippen LogP contribution >= 0.6 is 11.3 Å². The van der Waals surface area contributed by atoms with E-state index in [0.717, 1.165) is 22.5 Å². The highest BCUT2D eigenvalue weighted by molar-refractivity contribution is 7.26. The average molecular weight is 568 g/mol. The number of pyridine rings is 1. The van der Waals surface area contributed by atoms with Crippen LogP contribution in [0.4, 0.5) is 0 Å². The summed E-state index contributed by atoms with van der Waals surface area (Å²) in [5, 5.41) is 7.73. The molecular formula is C41H29NS. The summed E-state index contributed by atoms with van der Waals surface area (Å²) in [7, 11) is 0. The minimum Gasteiger partial charge on any atom is -0.246 e. The lowest BCUT2D eigenvalue weighted by molar-refractivity contribution is 1.36. The van der Waals surface area contributed by atoms with Crippen molar-refractivity contribution in [3.05, 3.63) is 145 Å². The lowest BCUT2D eigenvalue weighted by Crippen LogP contribution is -1.91. The summed E-state index contributed by atoms with van der Waals surface area (Å²) < 4.78 is 2.53. The van der Waals surface area contributed by atoms with E-state index in [1.54, 1.807) is 0 Å². The number of benzene rings is 6. The molecule has 0 saturated carbocycles. The molecule has 2 aromatic heterocycles. The van der Waals surface area contributed by atoms with E-state index >= 15 is 0 Å². The molecule has 0 saturated heterocycles. The third kappa shape index (κ3) is 4.26. The van der Waals surface area contributed by atoms with Crippen LogP contribution < -0.4 is 0 Å². The van der Waals surface area contributed by atoms with E-state index in [9.17, 15) is 0 Å². The van der Waals surface area contributed by atoms with Crippen LogP contribution in [0.25, 0.3) is 81.4 Å². The molecule has 0 bridgehead atoms. The molecule has 0 aliphatic rings. The van der Waals surface area contributed by atoms with Crippen molar-refractivity contribution in [2.45, 2.75) is 13.8 Å². The summed E-state index contributed by atoms with van der Waals surface area (Å²) >= 11 is 1.83. The summed E-state index contributed by atoms with van der Waals surface area (Å²) in [6.07, 6.45) is 4.38. The normalized spacial score (nSPS) is 11.9. The molecule has 204 valence electrons. The Morgan fingerprint density at radius 2 is 1.23 bits per heavy atom. The van der Waals surface area contributed by atoms with Crippen molar-refractivity contribution >= 4 is 59.1 Å². The molecule has 8 rings (SSSR count). The van der Waals surface area contributed by atoms with Gasteiger partial charge in [0.05, 0.1) is 16.1 Å². The average Bonchev–Trinajstić information content (AvgIpc) is 3.45. The van der Waals surface area contributed by atoms with Gasteiger partial charge in [-0.05, 0) is 81.9 Å². The number of allylic oxidation sites excluding steroid dienone is 1. The largest absolute Gasteiger partial charge is 0.246 e. The maximum Gasteiger partial charge on any atom is 0.0888 e. The number of thiophene rings is 1. The first kappa shape index (κ1) is 25.6. The second kappa shape index (κ2) is 10.3. The maximum atomic E-state index is 5.31. The fourth-order valence-corrected chi connectivity index (χ4v) is 7.67. The predicted molar refractivity (Wildman–Crippen MR) is 188 cm³/mol. The molecular weight excluding hydrogens is 539 g/mol. The molecule has 2 heteroatoms. The molecule has 43 heavy (non-hydrogen) atoms. The quantitative estimate of drug-likeness (QED) is 0.193. The number of aromatic nitrogens is 1. The first-order valence-electron chi connectivity index (χ1n) is 14.8. The first-order chi connectivity index (χ1) is 21.2. The number of rotatable bonds is 4. The first-order valence-corrected chi connectivity index (χ1v) is 15.6. The van der Waals surface area contributed by atoms with Gasteiger partial charge in [-0.3, -0.25) is 0 Å². The van der Waals surface area contributed by atoms with Crippen LogP contribution in [0.5, 0.6) is 0 Å². The smallest absolute Gasteiger partial charge is 0.0888 e. The van der Waals surface area contributed by atoms with Gasteiger partial charge in [0.2, 0.25) is 0 Å². The van der Waals surface area contributed by atoms with Gasteiger partial charge < -0.3 is 0 Å². The van der Waals surface area contributed by atoms with Gasteiger partial charge in [-0.15, -0.1) is 11.3 Å². The fraction of sp³-hybridized carbons (Fsp3) is 0.0488. The van der Waals surface area contributed by atoms with Gasteiger partial charge in [-0.1, -0.05) is 115 Å². The van der Waals surface area contributed by atoms with E-state index < -0.39 is 0 Å². The monoisotopic (exact) mass is 567 g/mol. The molecule has 8 aromatic rings. The van der Waals surface area contributed by atoms with Crippen LogP contribution in [0.1, 0.15) is 18.1 Å². The molecule has 0 amide bonds. The Kier molecular flexibility index (Phi) is 6.17. The molecule has 2 heterocycles. The molecule has 0 fully saturated rings. The van der Waals surface area contributed by atoms with Crippen LogP contribution in [0.2, 0.25) is 0 Å². The Hall–Kier alpha value is -5.05. The number of fused-ring (bicyclic) bond motifs is 6. The SMILES string of the molecule is C/C=C\c1c(C)c2ccccc2c2cc(-c3cccc(-c4cc5c(sc6ccccc65)c(-c5ccccc5)n4)c3)ccc12. The van der Waals surface area contributed by atoms with Crippen LogP contribution in [-0.4, -0.2) is 4.98 Å². The Labute approximate surface area is 255 Å². The van der Waals surface area contributed by atoms with Gasteiger partial charge in [-0.25, -0.2) is 4.98 Å². The number of hydrogen-bond donors (Lipinski definition) is 0. The highest BCUT2D eigenvalue weighted by Gasteiger charge is 2.16. The Morgan fingerprint density at radius 3 is 2.07 bits per heavy atom. The number of nitrogens with zero attached hydrogens (tertiary/aromatic N) is 1. The van der Waals surface area contributed by atoms with E-state index in [4.69, 9.17) is 4.98 Å². The highest BCUT2D eigenvalue weighted by atomic mass is 32.1. The summed E-state index contributed by atoms with van der Waals surface area (Å²) in [4.78, 5) is 5.31. The van der Waals surface area contributed by atoms with Crippen molar-refractivity contribution in [1.29, 1.82) is 0 Å². The zero-order valence-electron chi connectivity index (χ0n) is 24.1. The van der Waals surface area contributed by atoms with Crippen molar-refractivity contribution in [1.82, 2.24) is 4.98 Å². The van der Waals surface area contributed by atoms with Crippen molar-refractivity contribution in [2.75, 3.05) is 0 Å². The standard InChI is InChI=1S/C41H29NS/c1-3-12-31-26(2)32-17-7-8-18-33(32)36-24-29(21-22-34(31)36)28-15-11-16-30(23-28)38-25-37-35-19-9-10-20-39(35)43-41(37)40(42-38)27-13-5-4-6-14-27/h3-25H,1-2H3/b12-3-. The third-order valence-electron chi connectivity index (χ3n) is 8.57. The van der Waals surface area contributed by atoms with Crippen molar-refractivity contribution in [3.8, 4) is 33.6 Å². The molecule has 0 unspecified atom stereocenters.